The first-order valence-electron chi connectivity index (χ1n) is 7.86. The monoisotopic (exact) mass is 353 g/mol. The van der Waals surface area contributed by atoms with E-state index in [-0.39, 0.29) is 37.1 Å². The molecule has 0 N–H and O–H groups in total. The van der Waals surface area contributed by atoms with E-state index in [1.54, 1.807) is 12.1 Å². The average Bonchev–Trinajstić information content (AvgIpc) is 3.15. The Hall–Kier alpha value is -1.80. The summed E-state index contributed by atoms with van der Waals surface area (Å²) < 4.78 is 46.0. The molecule has 1 aliphatic rings. The maximum atomic E-state index is 15.2. The van der Waals surface area contributed by atoms with Gasteiger partial charge in [-0.15, -0.1) is 0 Å². The standard InChI is InChI=1S/C16H20FN3O3S/c1-12(2)10-24(21,22)20-9-8-16(17,11-20)15-18-14(19-23-15)13-6-4-3-5-7-13/h3-7,12H,8-11H2,1-2H3. The maximum absolute atomic E-state index is 15.2. The fourth-order valence-corrected chi connectivity index (χ4v) is 4.61. The molecular formula is C16H20FN3O3S. The van der Waals surface area contributed by atoms with E-state index in [1.807, 2.05) is 32.0 Å². The summed E-state index contributed by atoms with van der Waals surface area (Å²) in [6, 6.07) is 9.11. The molecule has 0 radical (unpaired) electrons. The molecule has 0 aliphatic carbocycles. The van der Waals surface area contributed by atoms with Crippen molar-refractivity contribution >= 4 is 10.0 Å². The van der Waals surface area contributed by atoms with Crippen LogP contribution >= 0.6 is 0 Å². The fraction of sp³-hybridized carbons (Fsp3) is 0.500. The third-order valence-electron chi connectivity index (χ3n) is 3.96. The van der Waals surface area contributed by atoms with Crippen molar-refractivity contribution in [3.8, 4) is 11.4 Å². The highest BCUT2D eigenvalue weighted by molar-refractivity contribution is 7.89. The summed E-state index contributed by atoms with van der Waals surface area (Å²) in [4.78, 5) is 4.14. The lowest BCUT2D eigenvalue weighted by atomic mass is 10.1. The van der Waals surface area contributed by atoms with E-state index >= 15 is 4.39 Å². The Morgan fingerprint density at radius 2 is 2.04 bits per heavy atom. The van der Waals surface area contributed by atoms with E-state index in [2.05, 4.69) is 10.1 Å². The molecule has 24 heavy (non-hydrogen) atoms. The van der Waals surface area contributed by atoms with Gasteiger partial charge in [-0.05, 0) is 5.92 Å². The first-order chi connectivity index (χ1) is 11.3. The van der Waals surface area contributed by atoms with Crippen molar-refractivity contribution in [1.29, 1.82) is 0 Å². The van der Waals surface area contributed by atoms with Crippen molar-refractivity contribution in [2.45, 2.75) is 25.9 Å². The van der Waals surface area contributed by atoms with Crippen LogP contribution in [0.15, 0.2) is 34.9 Å². The van der Waals surface area contributed by atoms with Crippen LogP contribution in [0.25, 0.3) is 11.4 Å². The van der Waals surface area contributed by atoms with Gasteiger partial charge in [-0.3, -0.25) is 0 Å². The van der Waals surface area contributed by atoms with Crippen LogP contribution in [0.3, 0.4) is 0 Å². The van der Waals surface area contributed by atoms with E-state index in [4.69, 9.17) is 4.52 Å². The smallest absolute Gasteiger partial charge is 0.266 e. The van der Waals surface area contributed by atoms with Gasteiger partial charge in [0.1, 0.15) is 0 Å². The summed E-state index contributed by atoms with van der Waals surface area (Å²) in [6.45, 7) is 3.48. The number of sulfonamides is 1. The molecule has 1 saturated heterocycles. The Morgan fingerprint density at radius 1 is 1.33 bits per heavy atom. The van der Waals surface area contributed by atoms with Gasteiger partial charge in [-0.1, -0.05) is 49.3 Å². The van der Waals surface area contributed by atoms with Crippen LogP contribution in [0.5, 0.6) is 0 Å². The van der Waals surface area contributed by atoms with Crippen LogP contribution < -0.4 is 0 Å². The predicted octanol–water partition coefficient (Wildman–Crippen LogP) is 2.59. The second kappa shape index (κ2) is 6.25. The Balaban J connectivity index is 1.80. The molecule has 1 fully saturated rings. The van der Waals surface area contributed by atoms with E-state index in [9.17, 15) is 8.42 Å². The summed E-state index contributed by atoms with van der Waals surface area (Å²) in [5, 5.41) is 3.82. The molecule has 0 spiro atoms. The van der Waals surface area contributed by atoms with Gasteiger partial charge in [0, 0.05) is 18.5 Å². The zero-order chi connectivity index (χ0) is 17.4. The number of aromatic nitrogens is 2. The number of alkyl halides is 1. The van der Waals surface area contributed by atoms with E-state index < -0.39 is 15.7 Å². The number of rotatable bonds is 5. The molecule has 8 heteroatoms. The van der Waals surface area contributed by atoms with Crippen molar-refractivity contribution < 1.29 is 17.3 Å². The molecule has 3 rings (SSSR count). The Kier molecular flexibility index (Phi) is 4.44. The lowest BCUT2D eigenvalue weighted by molar-refractivity contribution is 0.127. The van der Waals surface area contributed by atoms with Gasteiger partial charge < -0.3 is 4.52 Å². The van der Waals surface area contributed by atoms with Crippen LogP contribution in [-0.2, 0) is 15.7 Å². The number of hydrogen-bond acceptors (Lipinski definition) is 5. The second-order valence-electron chi connectivity index (χ2n) is 6.51. The zero-order valence-corrected chi connectivity index (χ0v) is 14.5. The molecular weight excluding hydrogens is 333 g/mol. The fourth-order valence-electron chi connectivity index (χ4n) is 2.79. The lowest BCUT2D eigenvalue weighted by Gasteiger charge is -2.19. The first-order valence-corrected chi connectivity index (χ1v) is 9.47. The SMILES string of the molecule is CC(C)CS(=O)(=O)N1CCC(F)(c2nc(-c3ccccc3)no2)C1. The highest BCUT2D eigenvalue weighted by Crippen LogP contribution is 2.37. The summed E-state index contributed by atoms with van der Waals surface area (Å²) in [5.74, 6) is 0.120. The van der Waals surface area contributed by atoms with Gasteiger partial charge in [0.2, 0.25) is 21.5 Å². The second-order valence-corrected chi connectivity index (χ2v) is 8.52. The van der Waals surface area contributed by atoms with E-state index in [0.717, 1.165) is 5.56 Å². The van der Waals surface area contributed by atoms with Gasteiger partial charge in [0.15, 0.2) is 0 Å². The highest BCUT2D eigenvalue weighted by Gasteiger charge is 2.48. The summed E-state index contributed by atoms with van der Waals surface area (Å²) >= 11 is 0. The molecule has 0 amide bonds. The molecule has 1 atom stereocenters. The first kappa shape index (κ1) is 17.0. The van der Waals surface area contributed by atoms with Gasteiger partial charge >= 0.3 is 0 Å². The third-order valence-corrected chi connectivity index (χ3v) is 6.15. The average molecular weight is 353 g/mol. The summed E-state index contributed by atoms with van der Waals surface area (Å²) in [7, 11) is -3.48. The topological polar surface area (TPSA) is 76.3 Å². The Morgan fingerprint density at radius 3 is 2.71 bits per heavy atom. The number of benzene rings is 1. The van der Waals surface area contributed by atoms with Crippen molar-refractivity contribution in [2.75, 3.05) is 18.8 Å². The van der Waals surface area contributed by atoms with E-state index in [1.165, 1.54) is 4.31 Å². The van der Waals surface area contributed by atoms with Crippen molar-refractivity contribution in [3.05, 3.63) is 36.2 Å². The minimum absolute atomic E-state index is 0.00216. The summed E-state index contributed by atoms with van der Waals surface area (Å²) in [5.41, 5.74) is -1.22. The van der Waals surface area contributed by atoms with Crippen molar-refractivity contribution in [1.82, 2.24) is 14.4 Å². The molecule has 1 aromatic heterocycles. The molecule has 1 aromatic carbocycles. The van der Waals surface area contributed by atoms with Crippen LogP contribution in [0.2, 0.25) is 0 Å². The van der Waals surface area contributed by atoms with Gasteiger partial charge in [-0.2, -0.15) is 9.29 Å². The van der Waals surface area contributed by atoms with Crippen LogP contribution in [0.1, 0.15) is 26.2 Å². The summed E-state index contributed by atoms with van der Waals surface area (Å²) in [6.07, 6.45) is 0.0146. The van der Waals surface area contributed by atoms with Gasteiger partial charge in [0.05, 0.1) is 12.3 Å². The lowest BCUT2D eigenvalue weighted by Crippen LogP contribution is -2.35. The zero-order valence-electron chi connectivity index (χ0n) is 13.6. The molecule has 0 bridgehead atoms. The molecule has 1 aliphatic heterocycles. The molecule has 2 aromatic rings. The largest absolute Gasteiger partial charge is 0.335 e. The van der Waals surface area contributed by atoms with Crippen molar-refractivity contribution in [2.24, 2.45) is 5.92 Å². The Labute approximate surface area is 140 Å². The van der Waals surface area contributed by atoms with Crippen LogP contribution in [0.4, 0.5) is 4.39 Å². The predicted molar refractivity (Wildman–Crippen MR) is 87.3 cm³/mol. The molecule has 0 saturated carbocycles. The molecule has 1 unspecified atom stereocenters. The minimum atomic E-state index is -3.48. The quantitative estimate of drug-likeness (QED) is 0.826. The molecule has 130 valence electrons. The van der Waals surface area contributed by atoms with Crippen LogP contribution in [-0.4, -0.2) is 41.7 Å². The molecule has 2 heterocycles. The molecule has 6 nitrogen and oxygen atoms in total. The normalized spacial score (nSPS) is 22.3. The van der Waals surface area contributed by atoms with Gasteiger partial charge in [0.25, 0.3) is 5.89 Å². The Bertz CT molecular complexity index is 807. The number of hydrogen-bond donors (Lipinski definition) is 0. The van der Waals surface area contributed by atoms with E-state index in [0.29, 0.717) is 5.82 Å². The highest BCUT2D eigenvalue weighted by atomic mass is 32.2. The maximum Gasteiger partial charge on any atom is 0.266 e. The minimum Gasteiger partial charge on any atom is -0.335 e. The number of nitrogens with zero attached hydrogens (tertiary/aromatic N) is 3. The van der Waals surface area contributed by atoms with Gasteiger partial charge in [-0.25, -0.2) is 12.8 Å². The van der Waals surface area contributed by atoms with Crippen LogP contribution in [0, 0.1) is 5.92 Å². The number of halogens is 1. The van der Waals surface area contributed by atoms with Crippen molar-refractivity contribution in [3.63, 3.8) is 0 Å². The third kappa shape index (κ3) is 3.34.